The van der Waals surface area contributed by atoms with Crippen LogP contribution in [0, 0.1) is 0 Å². The summed E-state index contributed by atoms with van der Waals surface area (Å²) in [5.41, 5.74) is 6.20. The number of nitrogens with zero attached hydrogens (tertiary/aromatic N) is 1. The van der Waals surface area contributed by atoms with Gasteiger partial charge in [0.25, 0.3) is 0 Å². The van der Waals surface area contributed by atoms with Gasteiger partial charge in [-0.15, -0.1) is 0 Å². The molecule has 11 heavy (non-hydrogen) atoms. The molecular formula is C6H10Cl2N2O. The van der Waals surface area contributed by atoms with Gasteiger partial charge in [0.15, 0.2) is 0 Å². The number of carbonyl (C=O) groups excluding carboxylic acids is 1. The Morgan fingerprint density at radius 1 is 1.64 bits per heavy atom. The fraction of sp³-hybridized carbons (Fsp3) is 0.500. The molecule has 0 aliphatic heterocycles. The molecule has 0 saturated heterocycles. The van der Waals surface area contributed by atoms with E-state index in [-0.39, 0.29) is 12.5 Å². The second-order valence-electron chi connectivity index (χ2n) is 2.19. The Morgan fingerprint density at radius 3 is 2.55 bits per heavy atom. The van der Waals surface area contributed by atoms with Crippen molar-refractivity contribution in [3.8, 4) is 0 Å². The van der Waals surface area contributed by atoms with E-state index < -0.39 is 0 Å². The molecule has 3 nitrogen and oxygen atoms in total. The molecule has 0 aromatic rings. The lowest BCUT2D eigenvalue weighted by atomic mass is 10.5. The van der Waals surface area contributed by atoms with Crippen molar-refractivity contribution in [2.45, 2.75) is 0 Å². The lowest BCUT2D eigenvalue weighted by Gasteiger charge is -2.12. The minimum Gasteiger partial charge on any atom is -0.369 e. The SMILES string of the molecule is CN(CC(N)=O)C/C(Cl)=C/Cl. The molecule has 0 unspecified atom stereocenters. The number of nitrogens with two attached hydrogens (primary N) is 1. The van der Waals surface area contributed by atoms with E-state index in [4.69, 9.17) is 28.9 Å². The molecule has 2 N–H and O–H groups in total. The van der Waals surface area contributed by atoms with Crippen LogP contribution in [0.15, 0.2) is 10.6 Å². The first-order chi connectivity index (χ1) is 5.06. The van der Waals surface area contributed by atoms with Crippen LogP contribution in [0.1, 0.15) is 0 Å². The third-order valence-corrected chi connectivity index (χ3v) is 1.57. The van der Waals surface area contributed by atoms with Gasteiger partial charge < -0.3 is 5.73 Å². The van der Waals surface area contributed by atoms with E-state index in [0.717, 1.165) is 0 Å². The molecule has 0 aromatic carbocycles. The van der Waals surface area contributed by atoms with Gasteiger partial charge in [-0.25, -0.2) is 0 Å². The Labute approximate surface area is 75.7 Å². The van der Waals surface area contributed by atoms with Gasteiger partial charge in [0.2, 0.25) is 5.91 Å². The summed E-state index contributed by atoms with van der Waals surface area (Å²) in [6.45, 7) is 0.620. The van der Waals surface area contributed by atoms with Crippen molar-refractivity contribution in [3.05, 3.63) is 10.6 Å². The van der Waals surface area contributed by atoms with Crippen molar-refractivity contribution < 1.29 is 4.79 Å². The van der Waals surface area contributed by atoms with Crippen LogP contribution < -0.4 is 5.73 Å². The normalized spacial score (nSPS) is 12.2. The lowest BCUT2D eigenvalue weighted by Crippen LogP contribution is -2.31. The number of halogens is 2. The first-order valence-corrected chi connectivity index (χ1v) is 3.79. The quantitative estimate of drug-likeness (QED) is 0.721. The van der Waals surface area contributed by atoms with E-state index in [1.165, 1.54) is 5.54 Å². The smallest absolute Gasteiger partial charge is 0.231 e. The summed E-state index contributed by atoms with van der Waals surface area (Å²) < 4.78 is 0. The van der Waals surface area contributed by atoms with Crippen molar-refractivity contribution in [2.24, 2.45) is 5.73 Å². The van der Waals surface area contributed by atoms with Gasteiger partial charge in [-0.2, -0.15) is 0 Å². The van der Waals surface area contributed by atoms with Gasteiger partial charge in [0.05, 0.1) is 6.54 Å². The van der Waals surface area contributed by atoms with Crippen LogP contribution in [-0.2, 0) is 4.79 Å². The van der Waals surface area contributed by atoms with E-state index in [9.17, 15) is 4.79 Å². The number of carbonyl (C=O) groups is 1. The first kappa shape index (κ1) is 10.8. The summed E-state index contributed by atoms with van der Waals surface area (Å²) in [7, 11) is 1.73. The molecule has 0 spiro atoms. The van der Waals surface area contributed by atoms with Crippen LogP contribution in [0.3, 0.4) is 0 Å². The molecular weight excluding hydrogens is 187 g/mol. The zero-order chi connectivity index (χ0) is 8.85. The molecule has 0 fully saturated rings. The molecule has 0 saturated carbocycles. The van der Waals surface area contributed by atoms with E-state index in [1.807, 2.05) is 0 Å². The number of amides is 1. The number of hydrogen-bond donors (Lipinski definition) is 1. The predicted molar refractivity (Wildman–Crippen MR) is 46.5 cm³/mol. The third kappa shape index (κ3) is 6.16. The fourth-order valence-corrected chi connectivity index (χ4v) is 0.887. The maximum Gasteiger partial charge on any atom is 0.231 e. The molecule has 5 heteroatoms. The van der Waals surface area contributed by atoms with Crippen LogP contribution >= 0.6 is 23.2 Å². The molecule has 0 bridgehead atoms. The van der Waals surface area contributed by atoms with Gasteiger partial charge in [-0.1, -0.05) is 23.2 Å². The average Bonchev–Trinajstić information content (AvgIpc) is 1.85. The Morgan fingerprint density at radius 2 is 2.18 bits per heavy atom. The summed E-state index contributed by atoms with van der Waals surface area (Å²) in [6, 6.07) is 0. The highest BCUT2D eigenvalue weighted by Crippen LogP contribution is 2.03. The number of primary amides is 1. The van der Waals surface area contributed by atoms with Crippen molar-refractivity contribution in [1.82, 2.24) is 4.90 Å². The Balaban J connectivity index is 3.69. The number of hydrogen-bond acceptors (Lipinski definition) is 2. The summed E-state index contributed by atoms with van der Waals surface area (Å²) in [4.78, 5) is 12.0. The second-order valence-corrected chi connectivity index (χ2v) is 2.90. The maximum absolute atomic E-state index is 10.4. The van der Waals surface area contributed by atoms with Gasteiger partial charge in [-0.3, -0.25) is 9.69 Å². The predicted octanol–water partition coefficient (Wildman–Crippen LogP) is 0.723. The molecule has 0 heterocycles. The average molecular weight is 197 g/mol. The van der Waals surface area contributed by atoms with E-state index in [0.29, 0.717) is 11.6 Å². The molecule has 0 aliphatic rings. The topological polar surface area (TPSA) is 46.3 Å². The third-order valence-electron chi connectivity index (χ3n) is 0.965. The van der Waals surface area contributed by atoms with Gasteiger partial charge >= 0.3 is 0 Å². The van der Waals surface area contributed by atoms with Gasteiger partial charge in [0.1, 0.15) is 0 Å². The fourth-order valence-electron chi connectivity index (χ4n) is 0.614. The monoisotopic (exact) mass is 196 g/mol. The summed E-state index contributed by atoms with van der Waals surface area (Å²) in [5, 5.41) is 0.482. The van der Waals surface area contributed by atoms with Gasteiger partial charge in [-0.05, 0) is 7.05 Å². The van der Waals surface area contributed by atoms with E-state index in [2.05, 4.69) is 0 Å². The lowest BCUT2D eigenvalue weighted by molar-refractivity contribution is -0.118. The van der Waals surface area contributed by atoms with Crippen LogP contribution in [0.4, 0.5) is 0 Å². The first-order valence-electron chi connectivity index (χ1n) is 2.98. The van der Waals surface area contributed by atoms with Gasteiger partial charge in [0, 0.05) is 17.1 Å². The summed E-state index contributed by atoms with van der Waals surface area (Å²) in [6.07, 6.45) is 0. The van der Waals surface area contributed by atoms with E-state index >= 15 is 0 Å². The highest BCUT2D eigenvalue weighted by Gasteiger charge is 2.02. The van der Waals surface area contributed by atoms with E-state index in [1.54, 1.807) is 11.9 Å². The standard InChI is InChI=1S/C6H10Cl2N2O/c1-10(4-6(9)11)3-5(8)2-7/h2H,3-4H2,1H3,(H2,9,11)/b5-2-. The summed E-state index contributed by atoms with van der Waals surface area (Å²) in [5.74, 6) is -0.383. The number of likely N-dealkylation sites (N-methyl/N-ethyl adjacent to an activating group) is 1. The van der Waals surface area contributed by atoms with Crippen LogP contribution in [0.2, 0.25) is 0 Å². The van der Waals surface area contributed by atoms with Crippen molar-refractivity contribution in [1.29, 1.82) is 0 Å². The van der Waals surface area contributed by atoms with Crippen molar-refractivity contribution >= 4 is 29.1 Å². The molecule has 0 aromatic heterocycles. The largest absolute Gasteiger partial charge is 0.369 e. The highest BCUT2D eigenvalue weighted by molar-refractivity contribution is 6.36. The number of rotatable bonds is 4. The van der Waals surface area contributed by atoms with Crippen LogP contribution in [0.25, 0.3) is 0 Å². The molecule has 0 radical (unpaired) electrons. The molecule has 0 rings (SSSR count). The highest BCUT2D eigenvalue weighted by atomic mass is 35.5. The maximum atomic E-state index is 10.4. The van der Waals surface area contributed by atoms with Crippen molar-refractivity contribution in [3.63, 3.8) is 0 Å². The van der Waals surface area contributed by atoms with Crippen LogP contribution in [-0.4, -0.2) is 30.9 Å². The molecule has 0 atom stereocenters. The zero-order valence-electron chi connectivity index (χ0n) is 6.18. The second kappa shape index (κ2) is 5.41. The molecule has 1 amide bonds. The van der Waals surface area contributed by atoms with Crippen LogP contribution in [0.5, 0.6) is 0 Å². The Bertz CT molecular complexity index is 170. The minimum absolute atomic E-state index is 0.181. The Kier molecular flexibility index (Phi) is 5.28. The minimum atomic E-state index is -0.383. The summed E-state index contributed by atoms with van der Waals surface area (Å²) >= 11 is 10.9. The zero-order valence-corrected chi connectivity index (χ0v) is 7.69. The molecule has 64 valence electrons. The van der Waals surface area contributed by atoms with Crippen molar-refractivity contribution in [2.75, 3.05) is 20.1 Å². The molecule has 0 aliphatic carbocycles. The Hall–Kier alpha value is -0.250.